The predicted octanol–water partition coefficient (Wildman–Crippen LogP) is 3.39. The molecule has 104 valence electrons. The van der Waals surface area contributed by atoms with Crippen LogP contribution in [-0.4, -0.2) is 10.9 Å². The van der Waals surface area contributed by atoms with Crippen molar-refractivity contribution in [2.75, 3.05) is 5.32 Å². The van der Waals surface area contributed by atoms with Gasteiger partial charge in [-0.25, -0.2) is 0 Å². The van der Waals surface area contributed by atoms with Crippen molar-refractivity contribution in [2.24, 2.45) is 0 Å². The van der Waals surface area contributed by atoms with Crippen molar-refractivity contribution in [2.45, 2.75) is 0 Å². The monoisotopic (exact) mass is 390 g/mol. The highest BCUT2D eigenvalue weighted by Gasteiger charge is 2.12. The number of aromatic nitrogens is 1. The Morgan fingerprint density at radius 2 is 1.76 bits per heavy atom. The molecule has 0 bridgehead atoms. The first-order valence-corrected chi connectivity index (χ1v) is 7.41. The molecule has 4 nitrogen and oxygen atoms in total. The van der Waals surface area contributed by atoms with Crippen molar-refractivity contribution in [1.29, 1.82) is 0 Å². The number of halogens is 1. The number of amides is 1. The van der Waals surface area contributed by atoms with Crippen LogP contribution in [-0.2, 0) is 0 Å². The molecule has 1 amide bonds. The summed E-state index contributed by atoms with van der Waals surface area (Å²) in [5, 5.41) is 3.57. The van der Waals surface area contributed by atoms with Gasteiger partial charge < -0.3 is 10.3 Å². The van der Waals surface area contributed by atoms with Crippen LogP contribution in [0.15, 0.2) is 59.4 Å². The van der Waals surface area contributed by atoms with Gasteiger partial charge in [-0.15, -0.1) is 0 Å². The molecule has 1 aromatic heterocycles. The first-order chi connectivity index (χ1) is 10.1. The van der Waals surface area contributed by atoms with E-state index in [1.54, 1.807) is 6.07 Å². The Kier molecular flexibility index (Phi) is 3.74. The van der Waals surface area contributed by atoms with Gasteiger partial charge in [0.15, 0.2) is 0 Å². The quantitative estimate of drug-likeness (QED) is 0.660. The lowest BCUT2D eigenvalue weighted by Crippen LogP contribution is -2.17. The Balaban J connectivity index is 2.06. The van der Waals surface area contributed by atoms with Crippen LogP contribution in [0.3, 0.4) is 0 Å². The molecule has 0 saturated heterocycles. The number of nitrogens with one attached hydrogen (secondary N) is 2. The van der Waals surface area contributed by atoms with Crippen LogP contribution >= 0.6 is 22.6 Å². The Morgan fingerprint density at radius 1 is 1.05 bits per heavy atom. The third-order valence-corrected chi connectivity index (χ3v) is 4.06. The van der Waals surface area contributed by atoms with E-state index in [4.69, 9.17) is 0 Å². The molecule has 0 aliphatic rings. The maximum atomic E-state index is 12.5. The molecule has 1 heterocycles. The summed E-state index contributed by atoms with van der Waals surface area (Å²) in [6.45, 7) is 0. The lowest BCUT2D eigenvalue weighted by atomic mass is 10.1. The van der Waals surface area contributed by atoms with E-state index in [-0.39, 0.29) is 11.5 Å². The molecule has 3 rings (SSSR count). The maximum absolute atomic E-state index is 12.5. The summed E-state index contributed by atoms with van der Waals surface area (Å²) >= 11 is 2.16. The molecule has 0 aliphatic carbocycles. The number of carbonyl (C=O) groups is 1. The van der Waals surface area contributed by atoms with Gasteiger partial charge in [0.25, 0.3) is 5.91 Å². The molecule has 0 unspecified atom stereocenters. The molecular weight excluding hydrogens is 379 g/mol. The smallest absolute Gasteiger partial charge is 0.256 e. The molecule has 0 spiro atoms. The number of hydrogen-bond donors (Lipinski definition) is 2. The molecule has 3 aromatic rings. The van der Waals surface area contributed by atoms with Crippen molar-refractivity contribution in [3.63, 3.8) is 0 Å². The predicted molar refractivity (Wildman–Crippen MR) is 91.7 cm³/mol. The second-order valence-electron chi connectivity index (χ2n) is 4.53. The number of carbonyl (C=O) groups excluding carboxylic acids is 1. The SMILES string of the molecule is O=C(Nc1ccccc1I)c1cc(=O)[nH]c2ccccc12. The maximum Gasteiger partial charge on any atom is 0.256 e. The fourth-order valence-corrected chi connectivity index (χ4v) is 2.67. The summed E-state index contributed by atoms with van der Waals surface area (Å²) < 4.78 is 0.942. The van der Waals surface area contributed by atoms with E-state index in [0.717, 1.165) is 14.6 Å². The highest BCUT2D eigenvalue weighted by molar-refractivity contribution is 14.1. The van der Waals surface area contributed by atoms with Gasteiger partial charge in [0.1, 0.15) is 0 Å². The molecule has 0 fully saturated rings. The summed E-state index contributed by atoms with van der Waals surface area (Å²) in [6, 6.07) is 16.1. The van der Waals surface area contributed by atoms with E-state index < -0.39 is 0 Å². The van der Waals surface area contributed by atoms with Crippen LogP contribution in [0.4, 0.5) is 5.69 Å². The number of aromatic amines is 1. The molecule has 0 radical (unpaired) electrons. The molecule has 21 heavy (non-hydrogen) atoms. The van der Waals surface area contributed by atoms with E-state index in [9.17, 15) is 9.59 Å². The third-order valence-electron chi connectivity index (χ3n) is 3.12. The van der Waals surface area contributed by atoms with Gasteiger partial charge in [0.2, 0.25) is 5.56 Å². The van der Waals surface area contributed by atoms with Crippen molar-refractivity contribution >= 4 is 45.1 Å². The number of benzene rings is 2. The van der Waals surface area contributed by atoms with E-state index in [0.29, 0.717) is 11.1 Å². The third kappa shape index (κ3) is 2.82. The summed E-state index contributed by atoms with van der Waals surface area (Å²) in [6.07, 6.45) is 0. The van der Waals surface area contributed by atoms with Crippen LogP contribution in [0.1, 0.15) is 10.4 Å². The largest absolute Gasteiger partial charge is 0.322 e. The highest BCUT2D eigenvalue weighted by Crippen LogP contribution is 2.20. The fraction of sp³-hybridized carbons (Fsp3) is 0. The minimum atomic E-state index is -0.290. The Morgan fingerprint density at radius 3 is 2.57 bits per heavy atom. The first-order valence-electron chi connectivity index (χ1n) is 6.33. The lowest BCUT2D eigenvalue weighted by molar-refractivity contribution is 0.102. The molecule has 0 saturated carbocycles. The van der Waals surface area contributed by atoms with Crippen LogP contribution in [0.5, 0.6) is 0 Å². The normalized spacial score (nSPS) is 10.5. The van der Waals surface area contributed by atoms with Crippen LogP contribution in [0.2, 0.25) is 0 Å². The number of rotatable bonds is 2. The number of H-pyrrole nitrogens is 1. The van der Waals surface area contributed by atoms with Crippen molar-refractivity contribution < 1.29 is 4.79 Å². The van der Waals surface area contributed by atoms with Crippen molar-refractivity contribution in [3.05, 3.63) is 74.1 Å². The molecule has 0 atom stereocenters. The van der Waals surface area contributed by atoms with E-state index >= 15 is 0 Å². The van der Waals surface area contributed by atoms with Crippen LogP contribution < -0.4 is 10.9 Å². The summed E-state index contributed by atoms with van der Waals surface area (Å²) in [7, 11) is 0. The first kappa shape index (κ1) is 13.8. The molecule has 5 heteroatoms. The van der Waals surface area contributed by atoms with Gasteiger partial charge in [0, 0.05) is 20.5 Å². The summed E-state index contributed by atoms with van der Waals surface area (Å²) in [5.41, 5.74) is 1.46. The van der Waals surface area contributed by atoms with Crippen molar-refractivity contribution in [3.8, 4) is 0 Å². The number of para-hydroxylation sites is 2. The summed E-state index contributed by atoms with van der Waals surface area (Å²) in [4.78, 5) is 26.9. The Hall–Kier alpha value is -2.15. The fourth-order valence-electron chi connectivity index (χ4n) is 2.14. The number of hydrogen-bond acceptors (Lipinski definition) is 2. The zero-order valence-electron chi connectivity index (χ0n) is 10.9. The average molecular weight is 390 g/mol. The van der Waals surface area contributed by atoms with Gasteiger partial charge >= 0.3 is 0 Å². The van der Waals surface area contributed by atoms with Gasteiger partial charge in [-0.05, 0) is 40.8 Å². The van der Waals surface area contributed by atoms with Gasteiger partial charge in [-0.2, -0.15) is 0 Å². The van der Waals surface area contributed by atoms with E-state index in [1.807, 2.05) is 42.5 Å². The Bertz CT molecular complexity index is 887. The van der Waals surface area contributed by atoms with Gasteiger partial charge in [-0.1, -0.05) is 30.3 Å². The zero-order chi connectivity index (χ0) is 14.8. The van der Waals surface area contributed by atoms with Gasteiger partial charge in [0.05, 0.1) is 11.3 Å². The molecule has 0 aliphatic heterocycles. The van der Waals surface area contributed by atoms with E-state index in [2.05, 4.69) is 32.9 Å². The minimum absolute atomic E-state index is 0.290. The number of anilines is 1. The zero-order valence-corrected chi connectivity index (χ0v) is 13.0. The number of fused-ring (bicyclic) bond motifs is 1. The average Bonchev–Trinajstić information content (AvgIpc) is 2.48. The van der Waals surface area contributed by atoms with E-state index in [1.165, 1.54) is 6.07 Å². The standard InChI is InChI=1S/C16H11IN2O2/c17-12-6-2-4-8-14(12)19-16(21)11-9-15(20)18-13-7-3-1-5-10(11)13/h1-9H,(H,18,20)(H,19,21). The van der Waals surface area contributed by atoms with Crippen LogP contribution in [0.25, 0.3) is 10.9 Å². The lowest BCUT2D eigenvalue weighted by Gasteiger charge is -2.09. The number of pyridine rings is 1. The molecular formula is C16H11IN2O2. The van der Waals surface area contributed by atoms with Crippen molar-refractivity contribution in [1.82, 2.24) is 4.98 Å². The second-order valence-corrected chi connectivity index (χ2v) is 5.69. The Labute approximate surface area is 134 Å². The topological polar surface area (TPSA) is 62.0 Å². The van der Waals surface area contributed by atoms with Crippen LogP contribution in [0, 0.1) is 3.57 Å². The molecule has 2 aromatic carbocycles. The summed E-state index contributed by atoms with van der Waals surface area (Å²) in [5.74, 6) is -0.290. The minimum Gasteiger partial charge on any atom is -0.322 e. The van der Waals surface area contributed by atoms with Gasteiger partial charge in [-0.3, -0.25) is 9.59 Å². The molecule has 2 N–H and O–H groups in total. The second kappa shape index (κ2) is 5.69. The highest BCUT2D eigenvalue weighted by atomic mass is 127.